The number of hydrogen-bond donors (Lipinski definition) is 2. The van der Waals surface area contributed by atoms with Crippen LogP contribution in [-0.2, 0) is 0 Å². The molecular formula is C21H34N4S2. The monoisotopic (exact) mass is 406 g/mol. The summed E-state index contributed by atoms with van der Waals surface area (Å²) in [5, 5.41) is 11.7. The summed E-state index contributed by atoms with van der Waals surface area (Å²) in [4.78, 5) is 7.32. The van der Waals surface area contributed by atoms with Gasteiger partial charge in [0.05, 0.1) is 5.54 Å². The van der Waals surface area contributed by atoms with Crippen LogP contribution in [0.4, 0.5) is 0 Å². The van der Waals surface area contributed by atoms with Crippen molar-refractivity contribution >= 4 is 34.3 Å². The summed E-state index contributed by atoms with van der Waals surface area (Å²) >= 11 is 7.49. The molecule has 0 amide bonds. The summed E-state index contributed by atoms with van der Waals surface area (Å²) < 4.78 is 0. The SMILES string of the molecule is CC1(C)CN2C(CC3CCCCC3NC(=S)NC3CCCCC3)=CSC2=N1. The molecule has 2 saturated carbocycles. The fourth-order valence-corrected chi connectivity index (χ4v) is 6.41. The van der Waals surface area contributed by atoms with E-state index in [1.54, 1.807) is 11.8 Å². The molecule has 2 atom stereocenters. The first kappa shape index (κ1) is 19.6. The fourth-order valence-electron chi connectivity index (χ4n) is 5.02. The maximum Gasteiger partial charge on any atom is 0.168 e. The molecule has 0 bridgehead atoms. The Morgan fingerprint density at radius 1 is 1.15 bits per heavy atom. The van der Waals surface area contributed by atoms with Gasteiger partial charge in [-0.2, -0.15) is 0 Å². The summed E-state index contributed by atoms with van der Waals surface area (Å²) in [6.07, 6.45) is 13.0. The van der Waals surface area contributed by atoms with Gasteiger partial charge >= 0.3 is 0 Å². The third-order valence-corrected chi connectivity index (χ3v) is 7.61. The Morgan fingerprint density at radius 2 is 1.89 bits per heavy atom. The van der Waals surface area contributed by atoms with Crippen LogP contribution in [0.15, 0.2) is 16.1 Å². The first-order valence-electron chi connectivity index (χ1n) is 10.8. The number of aliphatic imine (C=N–C) groups is 1. The highest BCUT2D eigenvalue weighted by atomic mass is 32.2. The van der Waals surface area contributed by atoms with Gasteiger partial charge in [-0.05, 0) is 69.5 Å². The molecule has 4 aliphatic rings. The largest absolute Gasteiger partial charge is 0.360 e. The van der Waals surface area contributed by atoms with E-state index in [0.717, 1.165) is 18.1 Å². The summed E-state index contributed by atoms with van der Waals surface area (Å²) in [6.45, 7) is 5.49. The van der Waals surface area contributed by atoms with E-state index < -0.39 is 0 Å². The van der Waals surface area contributed by atoms with Crippen molar-refractivity contribution in [1.82, 2.24) is 15.5 Å². The number of nitrogens with zero attached hydrogens (tertiary/aromatic N) is 2. The normalized spacial score (nSPS) is 30.5. The Hall–Kier alpha value is -0.750. The van der Waals surface area contributed by atoms with E-state index >= 15 is 0 Å². The van der Waals surface area contributed by atoms with Crippen molar-refractivity contribution in [1.29, 1.82) is 0 Å². The lowest BCUT2D eigenvalue weighted by molar-refractivity contribution is 0.270. The molecule has 0 aromatic heterocycles. The van der Waals surface area contributed by atoms with Gasteiger partial charge < -0.3 is 15.5 Å². The van der Waals surface area contributed by atoms with E-state index in [-0.39, 0.29) is 5.54 Å². The predicted molar refractivity (Wildman–Crippen MR) is 120 cm³/mol. The molecule has 2 aliphatic carbocycles. The van der Waals surface area contributed by atoms with Crippen LogP contribution in [0.5, 0.6) is 0 Å². The predicted octanol–water partition coefficient (Wildman–Crippen LogP) is 4.77. The van der Waals surface area contributed by atoms with E-state index in [2.05, 4.69) is 34.8 Å². The van der Waals surface area contributed by atoms with E-state index in [1.807, 2.05) is 0 Å². The van der Waals surface area contributed by atoms with Gasteiger partial charge in [-0.3, -0.25) is 4.99 Å². The standard InChI is InChI=1S/C21H34N4S2/c1-21(2)14-25-17(13-27-20(25)24-21)12-15-8-6-7-11-18(15)23-19(26)22-16-9-4-3-5-10-16/h13,15-16,18H,3-12,14H2,1-2H3,(H2,22,23,26). The van der Waals surface area contributed by atoms with Crippen LogP contribution in [0, 0.1) is 5.92 Å². The molecule has 0 aromatic carbocycles. The van der Waals surface area contributed by atoms with Crippen molar-refractivity contribution in [3.05, 3.63) is 11.1 Å². The zero-order chi connectivity index (χ0) is 18.9. The number of thioether (sulfide) groups is 1. The van der Waals surface area contributed by atoms with Crippen molar-refractivity contribution < 1.29 is 0 Å². The molecule has 2 N–H and O–H groups in total. The lowest BCUT2D eigenvalue weighted by Gasteiger charge is -2.35. The molecule has 27 heavy (non-hydrogen) atoms. The quantitative estimate of drug-likeness (QED) is 0.658. The van der Waals surface area contributed by atoms with Gasteiger partial charge in [0, 0.05) is 24.3 Å². The van der Waals surface area contributed by atoms with Crippen molar-refractivity contribution in [2.75, 3.05) is 6.54 Å². The maximum atomic E-state index is 5.69. The highest BCUT2D eigenvalue weighted by molar-refractivity contribution is 8.16. The number of rotatable bonds is 4. The van der Waals surface area contributed by atoms with Gasteiger partial charge in [-0.1, -0.05) is 43.9 Å². The van der Waals surface area contributed by atoms with Crippen LogP contribution in [-0.4, -0.2) is 39.3 Å². The van der Waals surface area contributed by atoms with Gasteiger partial charge in [0.15, 0.2) is 10.3 Å². The first-order chi connectivity index (χ1) is 13.0. The molecule has 6 heteroatoms. The molecule has 2 heterocycles. The summed E-state index contributed by atoms with van der Waals surface area (Å²) in [7, 11) is 0. The van der Waals surface area contributed by atoms with Crippen LogP contribution in [0.2, 0.25) is 0 Å². The number of amidine groups is 1. The Kier molecular flexibility index (Phi) is 6.03. The summed E-state index contributed by atoms with van der Waals surface area (Å²) in [5.41, 5.74) is 1.52. The lowest BCUT2D eigenvalue weighted by Crippen LogP contribution is -2.50. The molecule has 2 aliphatic heterocycles. The Morgan fingerprint density at radius 3 is 2.70 bits per heavy atom. The molecule has 0 spiro atoms. The molecular weight excluding hydrogens is 372 g/mol. The highest BCUT2D eigenvalue weighted by Gasteiger charge is 2.38. The Labute approximate surface area is 174 Å². The molecule has 2 unspecified atom stereocenters. The average molecular weight is 407 g/mol. The highest BCUT2D eigenvalue weighted by Crippen LogP contribution is 2.40. The van der Waals surface area contributed by atoms with Crippen LogP contribution in [0.25, 0.3) is 0 Å². The van der Waals surface area contributed by atoms with E-state index in [1.165, 1.54) is 68.7 Å². The van der Waals surface area contributed by atoms with Crippen molar-refractivity contribution in [2.45, 2.75) is 95.7 Å². The van der Waals surface area contributed by atoms with Gasteiger partial charge in [0.25, 0.3) is 0 Å². The number of hydrogen-bond acceptors (Lipinski definition) is 4. The van der Waals surface area contributed by atoms with E-state index in [4.69, 9.17) is 17.2 Å². The van der Waals surface area contributed by atoms with Gasteiger partial charge in [0.1, 0.15) is 0 Å². The molecule has 4 rings (SSSR count). The number of nitrogens with one attached hydrogen (secondary N) is 2. The summed E-state index contributed by atoms with van der Waals surface area (Å²) in [5.74, 6) is 0.666. The Balaban J connectivity index is 1.33. The van der Waals surface area contributed by atoms with Crippen LogP contribution in [0.3, 0.4) is 0 Å². The minimum Gasteiger partial charge on any atom is -0.360 e. The van der Waals surface area contributed by atoms with Crippen LogP contribution < -0.4 is 10.6 Å². The lowest BCUT2D eigenvalue weighted by atomic mass is 9.81. The maximum absolute atomic E-state index is 5.69. The Bertz CT molecular complexity index is 622. The van der Waals surface area contributed by atoms with E-state index in [0.29, 0.717) is 18.0 Å². The second kappa shape index (κ2) is 8.32. The van der Waals surface area contributed by atoms with Crippen LogP contribution in [0.1, 0.15) is 78.1 Å². The minimum absolute atomic E-state index is 0.0531. The first-order valence-corrected chi connectivity index (χ1v) is 12.1. The number of allylic oxidation sites excluding steroid dienone is 1. The second-order valence-electron chi connectivity index (χ2n) is 9.33. The smallest absolute Gasteiger partial charge is 0.168 e. The number of fused-ring (bicyclic) bond motifs is 1. The average Bonchev–Trinajstić information content (AvgIpc) is 3.13. The molecule has 150 valence electrons. The van der Waals surface area contributed by atoms with E-state index in [9.17, 15) is 0 Å². The molecule has 4 nitrogen and oxygen atoms in total. The molecule has 2 fully saturated rings. The van der Waals surface area contributed by atoms with Gasteiger partial charge in [-0.15, -0.1) is 0 Å². The molecule has 0 saturated heterocycles. The van der Waals surface area contributed by atoms with Gasteiger partial charge in [-0.25, -0.2) is 0 Å². The minimum atomic E-state index is 0.0531. The van der Waals surface area contributed by atoms with Crippen molar-refractivity contribution in [3.63, 3.8) is 0 Å². The third kappa shape index (κ3) is 4.81. The van der Waals surface area contributed by atoms with Crippen molar-refractivity contribution in [2.24, 2.45) is 10.9 Å². The van der Waals surface area contributed by atoms with Gasteiger partial charge in [0.2, 0.25) is 0 Å². The molecule has 0 radical (unpaired) electrons. The fraction of sp³-hybridized carbons (Fsp3) is 0.810. The molecule has 0 aromatic rings. The second-order valence-corrected chi connectivity index (χ2v) is 10.6. The van der Waals surface area contributed by atoms with Crippen LogP contribution >= 0.6 is 24.0 Å². The third-order valence-electron chi connectivity index (χ3n) is 6.46. The number of thiocarbonyl (C=S) groups is 1. The zero-order valence-corrected chi connectivity index (χ0v) is 18.4. The topological polar surface area (TPSA) is 39.7 Å². The summed E-state index contributed by atoms with van der Waals surface area (Å²) in [6, 6.07) is 1.09. The van der Waals surface area contributed by atoms with Crippen molar-refractivity contribution in [3.8, 4) is 0 Å². The zero-order valence-electron chi connectivity index (χ0n) is 16.8.